The van der Waals surface area contributed by atoms with Gasteiger partial charge in [0.05, 0.1) is 11.4 Å². The average molecular weight is 528 g/mol. The average Bonchev–Trinajstić information content (AvgIpc) is 3.65. The molecule has 1 aromatic carbocycles. The molecule has 2 aromatic heterocycles. The first-order valence-corrected chi connectivity index (χ1v) is 13.2. The van der Waals surface area contributed by atoms with Crippen LogP contribution in [0.1, 0.15) is 52.6 Å². The van der Waals surface area contributed by atoms with Gasteiger partial charge in [0.25, 0.3) is 11.5 Å². The summed E-state index contributed by atoms with van der Waals surface area (Å²) in [5, 5.41) is 0. The van der Waals surface area contributed by atoms with E-state index in [1.807, 2.05) is 19.1 Å². The Morgan fingerprint density at radius 1 is 1.10 bits per heavy atom. The molecule has 0 saturated heterocycles. The summed E-state index contributed by atoms with van der Waals surface area (Å²) in [6.45, 7) is 2.77. The topological polar surface area (TPSA) is 83.1 Å². The number of amides is 1. The number of aromatic nitrogens is 2. The van der Waals surface area contributed by atoms with E-state index in [4.69, 9.17) is 4.98 Å². The summed E-state index contributed by atoms with van der Waals surface area (Å²) < 4.78 is 27.4. The van der Waals surface area contributed by atoms with Gasteiger partial charge in [0.2, 0.25) is 0 Å². The van der Waals surface area contributed by atoms with Crippen molar-refractivity contribution in [3.63, 3.8) is 0 Å². The van der Waals surface area contributed by atoms with Crippen LogP contribution in [0.3, 0.4) is 0 Å². The van der Waals surface area contributed by atoms with Crippen molar-refractivity contribution in [2.24, 2.45) is 11.8 Å². The number of hydrogen-bond donors (Lipinski definition) is 1. The lowest BCUT2D eigenvalue weighted by Gasteiger charge is -2.32. The second-order valence-corrected chi connectivity index (χ2v) is 10.6. The summed E-state index contributed by atoms with van der Waals surface area (Å²) in [6, 6.07) is 7.95. The Morgan fingerprint density at radius 3 is 2.64 bits per heavy atom. The van der Waals surface area contributed by atoms with Crippen LogP contribution in [-0.4, -0.2) is 39.6 Å². The fourth-order valence-electron chi connectivity index (χ4n) is 5.49. The van der Waals surface area contributed by atoms with Crippen molar-refractivity contribution in [2.75, 3.05) is 13.1 Å². The molecule has 3 aromatic rings. The molecule has 3 heterocycles. The maximum absolute atomic E-state index is 14.2. The Morgan fingerprint density at radius 2 is 1.92 bits per heavy atom. The number of carbonyl (C=O) groups is 2. The normalized spacial score (nSPS) is 18.2. The maximum atomic E-state index is 14.2. The number of benzene rings is 1. The molecular weight excluding hydrogens is 500 g/mol. The second-order valence-electron chi connectivity index (χ2n) is 10.6. The van der Waals surface area contributed by atoms with Gasteiger partial charge in [0.15, 0.2) is 0 Å². The molecular formula is C31H27F2N3O3. The molecule has 6 rings (SSSR count). The van der Waals surface area contributed by atoms with Crippen molar-refractivity contribution >= 4 is 23.3 Å². The highest BCUT2D eigenvalue weighted by atomic mass is 19.1. The number of hydrogen-bond acceptors (Lipinski definition) is 4. The molecule has 2 aliphatic carbocycles. The maximum Gasteiger partial charge on any atom is 0.261 e. The third-order valence-corrected chi connectivity index (χ3v) is 7.69. The van der Waals surface area contributed by atoms with Crippen molar-refractivity contribution in [2.45, 2.75) is 32.6 Å². The van der Waals surface area contributed by atoms with Crippen molar-refractivity contribution < 1.29 is 18.4 Å². The van der Waals surface area contributed by atoms with Crippen molar-refractivity contribution in [3.05, 3.63) is 98.6 Å². The van der Waals surface area contributed by atoms with Crippen molar-refractivity contribution in [1.29, 1.82) is 0 Å². The second kappa shape index (κ2) is 9.84. The number of nitrogens with one attached hydrogen (secondary N) is 1. The molecule has 0 spiro atoms. The van der Waals surface area contributed by atoms with Crippen LogP contribution in [-0.2, 0) is 17.6 Å². The van der Waals surface area contributed by atoms with Gasteiger partial charge in [-0.3, -0.25) is 19.4 Å². The Hall–Kier alpha value is -4.20. The zero-order valence-corrected chi connectivity index (χ0v) is 21.5. The van der Waals surface area contributed by atoms with Crippen LogP contribution < -0.4 is 5.56 Å². The number of pyridine rings is 2. The molecule has 0 bridgehead atoms. The Kier molecular flexibility index (Phi) is 6.33. The van der Waals surface area contributed by atoms with E-state index in [0.717, 1.165) is 59.5 Å². The fraction of sp³-hybridized carbons (Fsp3) is 0.290. The molecule has 1 aliphatic heterocycles. The highest BCUT2D eigenvalue weighted by Gasteiger charge is 2.31. The minimum Gasteiger partial charge on any atom is -0.334 e. The summed E-state index contributed by atoms with van der Waals surface area (Å²) >= 11 is 0. The van der Waals surface area contributed by atoms with E-state index in [1.54, 1.807) is 4.90 Å². The summed E-state index contributed by atoms with van der Waals surface area (Å²) in [6.07, 6.45) is 9.18. The largest absolute Gasteiger partial charge is 0.334 e. The van der Waals surface area contributed by atoms with E-state index in [9.17, 15) is 23.2 Å². The molecule has 1 unspecified atom stereocenters. The minimum absolute atomic E-state index is 0.0122. The summed E-state index contributed by atoms with van der Waals surface area (Å²) in [5.41, 5.74) is 4.51. The van der Waals surface area contributed by atoms with E-state index >= 15 is 0 Å². The summed E-state index contributed by atoms with van der Waals surface area (Å²) in [4.78, 5) is 47.5. The quantitative estimate of drug-likeness (QED) is 0.490. The standard InChI is InChI=1S/C31H27F2N3O3/c1-17-16-36(31(39)24-9-10-28(35-30(24)38)23-8-7-19(32)13-26(23)33)12-11-21(17)25-14-20(15-29(37)18-5-6-18)34-27-4-2-3-22(25)27/h2-3,7-11,13-14,17-18H,4-6,12,15-16H2,1H3,(H,35,38). The monoisotopic (exact) mass is 527 g/mol. The molecule has 1 N–H and O–H groups in total. The lowest BCUT2D eigenvalue weighted by molar-refractivity contribution is -0.119. The lowest BCUT2D eigenvalue weighted by atomic mass is 9.87. The molecule has 39 heavy (non-hydrogen) atoms. The van der Waals surface area contributed by atoms with Crippen LogP contribution in [0.5, 0.6) is 0 Å². The van der Waals surface area contributed by atoms with Gasteiger partial charge in [-0.15, -0.1) is 0 Å². The number of halogens is 2. The summed E-state index contributed by atoms with van der Waals surface area (Å²) in [7, 11) is 0. The Bertz CT molecular complexity index is 1630. The van der Waals surface area contributed by atoms with E-state index in [-0.39, 0.29) is 34.4 Å². The van der Waals surface area contributed by atoms with Gasteiger partial charge < -0.3 is 9.88 Å². The van der Waals surface area contributed by atoms with E-state index in [1.165, 1.54) is 18.2 Å². The van der Waals surface area contributed by atoms with Gasteiger partial charge in [0, 0.05) is 54.7 Å². The van der Waals surface area contributed by atoms with E-state index < -0.39 is 23.1 Å². The smallest absolute Gasteiger partial charge is 0.261 e. The molecule has 8 heteroatoms. The predicted molar refractivity (Wildman–Crippen MR) is 144 cm³/mol. The molecule has 6 nitrogen and oxygen atoms in total. The van der Waals surface area contributed by atoms with Crippen LogP contribution in [0.25, 0.3) is 22.9 Å². The fourth-order valence-corrected chi connectivity index (χ4v) is 5.49. The highest BCUT2D eigenvalue weighted by molar-refractivity contribution is 5.95. The molecule has 1 saturated carbocycles. The van der Waals surface area contributed by atoms with Crippen LogP contribution in [0.4, 0.5) is 8.78 Å². The Balaban J connectivity index is 1.24. The van der Waals surface area contributed by atoms with Gasteiger partial charge in [0.1, 0.15) is 23.0 Å². The van der Waals surface area contributed by atoms with E-state index in [2.05, 4.69) is 17.1 Å². The van der Waals surface area contributed by atoms with E-state index in [0.29, 0.717) is 19.5 Å². The number of allylic oxidation sites excluding steroid dienone is 1. The van der Waals surface area contributed by atoms with Crippen molar-refractivity contribution in [1.82, 2.24) is 14.9 Å². The molecule has 1 amide bonds. The third kappa shape index (κ3) is 4.87. The molecule has 198 valence electrons. The van der Waals surface area contributed by atoms with Crippen molar-refractivity contribution in [3.8, 4) is 11.3 Å². The number of H-pyrrole nitrogens is 1. The molecule has 1 fully saturated rings. The SMILES string of the molecule is CC1CN(C(=O)c2ccc(-c3ccc(F)cc3F)[nH]c2=O)CC=C1c1cc(CC(=O)C2CC2)nc2c1C=CC2. The number of nitrogens with zero attached hydrogens (tertiary/aromatic N) is 2. The number of rotatable bonds is 6. The Labute approximate surface area is 224 Å². The summed E-state index contributed by atoms with van der Waals surface area (Å²) in [5.74, 6) is -1.51. The zero-order chi connectivity index (χ0) is 27.3. The van der Waals surface area contributed by atoms with Crippen LogP contribution in [0, 0.1) is 23.5 Å². The number of fused-ring (bicyclic) bond motifs is 1. The van der Waals surface area contributed by atoms with Crippen LogP contribution in [0.15, 0.2) is 53.3 Å². The number of aromatic amines is 1. The first-order chi connectivity index (χ1) is 18.8. The number of carbonyl (C=O) groups excluding carboxylic acids is 2. The molecule has 0 radical (unpaired) electrons. The lowest BCUT2D eigenvalue weighted by Crippen LogP contribution is -2.40. The number of ketones is 1. The highest BCUT2D eigenvalue weighted by Crippen LogP contribution is 2.36. The number of Topliss-reactive ketones (excluding diaryl/α,β-unsaturated/α-hetero) is 1. The zero-order valence-electron chi connectivity index (χ0n) is 21.5. The van der Waals surface area contributed by atoms with Crippen LogP contribution >= 0.6 is 0 Å². The van der Waals surface area contributed by atoms with Gasteiger partial charge in [-0.25, -0.2) is 8.78 Å². The molecule has 3 aliphatic rings. The third-order valence-electron chi connectivity index (χ3n) is 7.69. The first kappa shape index (κ1) is 25.1. The van der Waals surface area contributed by atoms with Crippen LogP contribution in [0.2, 0.25) is 0 Å². The van der Waals surface area contributed by atoms with Gasteiger partial charge in [-0.1, -0.05) is 25.2 Å². The van der Waals surface area contributed by atoms with Gasteiger partial charge in [-0.05, 0) is 60.2 Å². The van der Waals surface area contributed by atoms with Gasteiger partial charge >= 0.3 is 0 Å². The first-order valence-electron chi connectivity index (χ1n) is 13.2. The molecule has 1 atom stereocenters. The van der Waals surface area contributed by atoms with Gasteiger partial charge in [-0.2, -0.15) is 0 Å². The minimum atomic E-state index is -0.801. The predicted octanol–water partition coefficient (Wildman–Crippen LogP) is 4.98.